The highest BCUT2D eigenvalue weighted by Gasteiger charge is 2.32. The molecule has 1 N–H and O–H groups in total. The van der Waals surface area contributed by atoms with Crippen LogP contribution in [0.25, 0.3) is 0 Å². The van der Waals surface area contributed by atoms with Gasteiger partial charge in [-0.25, -0.2) is 0 Å². The molecule has 0 saturated carbocycles. The van der Waals surface area contributed by atoms with Crippen molar-refractivity contribution < 1.29 is 9.53 Å². The standard InChI is InChI=1S/C12H25NO2S/c1-5-9-16-10-7-8-12(3,13-6-2)11(14)15-4/h13H,5-10H2,1-4H3. The molecule has 0 aromatic heterocycles. The largest absolute Gasteiger partial charge is 0.468 e. The summed E-state index contributed by atoms with van der Waals surface area (Å²) in [5.41, 5.74) is -0.518. The van der Waals surface area contributed by atoms with E-state index in [1.165, 1.54) is 19.3 Å². The Labute approximate surface area is 104 Å². The zero-order chi connectivity index (χ0) is 12.4. The smallest absolute Gasteiger partial charge is 0.325 e. The van der Waals surface area contributed by atoms with Gasteiger partial charge in [0.1, 0.15) is 5.54 Å². The predicted molar refractivity (Wildman–Crippen MR) is 70.9 cm³/mol. The van der Waals surface area contributed by atoms with Crippen molar-refractivity contribution in [2.45, 2.75) is 45.6 Å². The van der Waals surface area contributed by atoms with Crippen LogP contribution in [-0.4, -0.2) is 36.7 Å². The lowest BCUT2D eigenvalue weighted by Gasteiger charge is -2.27. The Morgan fingerprint density at radius 1 is 1.38 bits per heavy atom. The van der Waals surface area contributed by atoms with Crippen molar-refractivity contribution in [2.24, 2.45) is 0 Å². The van der Waals surface area contributed by atoms with Crippen LogP contribution in [0.4, 0.5) is 0 Å². The first-order chi connectivity index (χ1) is 7.60. The molecule has 0 aromatic carbocycles. The zero-order valence-electron chi connectivity index (χ0n) is 11.0. The van der Waals surface area contributed by atoms with Crippen LogP contribution in [0.3, 0.4) is 0 Å². The number of hydrogen-bond donors (Lipinski definition) is 1. The summed E-state index contributed by atoms with van der Waals surface area (Å²) in [5, 5.41) is 3.22. The average molecular weight is 247 g/mol. The highest BCUT2D eigenvalue weighted by atomic mass is 32.2. The molecular weight excluding hydrogens is 222 g/mol. The van der Waals surface area contributed by atoms with Crippen molar-refractivity contribution in [1.82, 2.24) is 5.32 Å². The monoisotopic (exact) mass is 247 g/mol. The summed E-state index contributed by atoms with van der Waals surface area (Å²) in [5.74, 6) is 2.16. The average Bonchev–Trinajstić information content (AvgIpc) is 2.28. The first-order valence-corrected chi connectivity index (χ1v) is 7.17. The van der Waals surface area contributed by atoms with Crippen molar-refractivity contribution in [3.05, 3.63) is 0 Å². The van der Waals surface area contributed by atoms with Gasteiger partial charge in [-0.1, -0.05) is 13.8 Å². The molecule has 16 heavy (non-hydrogen) atoms. The third-order valence-corrected chi connectivity index (χ3v) is 3.79. The van der Waals surface area contributed by atoms with E-state index >= 15 is 0 Å². The van der Waals surface area contributed by atoms with Crippen LogP contribution in [0.1, 0.15) is 40.0 Å². The second kappa shape index (κ2) is 8.88. The summed E-state index contributed by atoms with van der Waals surface area (Å²) in [7, 11) is 1.45. The summed E-state index contributed by atoms with van der Waals surface area (Å²) >= 11 is 1.95. The Kier molecular flexibility index (Phi) is 8.76. The number of thioether (sulfide) groups is 1. The Morgan fingerprint density at radius 2 is 2.06 bits per heavy atom. The minimum Gasteiger partial charge on any atom is -0.468 e. The van der Waals surface area contributed by atoms with Crippen LogP contribution in [0.2, 0.25) is 0 Å². The molecule has 1 unspecified atom stereocenters. The fraction of sp³-hybridized carbons (Fsp3) is 0.917. The van der Waals surface area contributed by atoms with E-state index in [1.54, 1.807) is 0 Å². The summed E-state index contributed by atoms with van der Waals surface area (Å²) < 4.78 is 4.84. The van der Waals surface area contributed by atoms with Crippen LogP contribution in [0.5, 0.6) is 0 Å². The number of carbonyl (C=O) groups excluding carboxylic acids is 1. The lowest BCUT2D eigenvalue weighted by atomic mass is 9.96. The highest BCUT2D eigenvalue weighted by molar-refractivity contribution is 7.99. The second-order valence-corrected chi connectivity index (χ2v) is 5.29. The number of nitrogens with one attached hydrogen (secondary N) is 1. The fourth-order valence-electron chi connectivity index (χ4n) is 1.65. The van der Waals surface area contributed by atoms with Gasteiger partial charge in [-0.2, -0.15) is 11.8 Å². The van der Waals surface area contributed by atoms with Gasteiger partial charge < -0.3 is 10.1 Å². The van der Waals surface area contributed by atoms with E-state index in [-0.39, 0.29) is 5.97 Å². The van der Waals surface area contributed by atoms with E-state index in [0.717, 1.165) is 25.1 Å². The van der Waals surface area contributed by atoms with Gasteiger partial charge in [0.05, 0.1) is 7.11 Å². The zero-order valence-corrected chi connectivity index (χ0v) is 11.8. The first-order valence-electron chi connectivity index (χ1n) is 6.02. The third kappa shape index (κ3) is 5.75. The molecule has 0 spiro atoms. The van der Waals surface area contributed by atoms with Gasteiger partial charge in [0.2, 0.25) is 0 Å². The van der Waals surface area contributed by atoms with E-state index < -0.39 is 5.54 Å². The van der Waals surface area contributed by atoms with E-state index in [4.69, 9.17) is 4.74 Å². The Balaban J connectivity index is 3.97. The molecule has 0 aliphatic carbocycles. The van der Waals surface area contributed by atoms with Gasteiger partial charge in [0, 0.05) is 0 Å². The molecule has 0 radical (unpaired) electrons. The maximum absolute atomic E-state index is 11.7. The molecule has 4 heteroatoms. The third-order valence-electron chi connectivity index (χ3n) is 2.52. The van der Waals surface area contributed by atoms with Crippen molar-refractivity contribution in [2.75, 3.05) is 25.2 Å². The maximum atomic E-state index is 11.7. The van der Waals surface area contributed by atoms with Gasteiger partial charge in [0.25, 0.3) is 0 Å². The molecule has 1 atom stereocenters. The molecule has 0 aromatic rings. The van der Waals surface area contributed by atoms with E-state index in [0.29, 0.717) is 0 Å². The van der Waals surface area contributed by atoms with Crippen molar-refractivity contribution in [1.29, 1.82) is 0 Å². The summed E-state index contributed by atoms with van der Waals surface area (Å²) in [4.78, 5) is 11.7. The molecule has 0 heterocycles. The molecule has 3 nitrogen and oxygen atoms in total. The molecule has 0 aliphatic rings. The topological polar surface area (TPSA) is 38.3 Å². The number of hydrogen-bond acceptors (Lipinski definition) is 4. The van der Waals surface area contributed by atoms with Crippen molar-refractivity contribution >= 4 is 17.7 Å². The van der Waals surface area contributed by atoms with Crippen LogP contribution in [-0.2, 0) is 9.53 Å². The fourth-order valence-corrected chi connectivity index (χ4v) is 2.49. The maximum Gasteiger partial charge on any atom is 0.325 e. The molecule has 0 rings (SSSR count). The molecule has 0 saturated heterocycles. The summed E-state index contributed by atoms with van der Waals surface area (Å²) in [6.07, 6.45) is 3.10. The van der Waals surface area contributed by atoms with Gasteiger partial charge >= 0.3 is 5.97 Å². The van der Waals surface area contributed by atoms with Crippen molar-refractivity contribution in [3.8, 4) is 0 Å². The van der Waals surface area contributed by atoms with Crippen LogP contribution < -0.4 is 5.32 Å². The van der Waals surface area contributed by atoms with E-state index in [2.05, 4.69) is 12.2 Å². The van der Waals surface area contributed by atoms with E-state index in [9.17, 15) is 4.79 Å². The first kappa shape index (κ1) is 15.8. The lowest BCUT2D eigenvalue weighted by molar-refractivity contribution is -0.148. The molecule has 96 valence electrons. The number of ether oxygens (including phenoxy) is 1. The molecule has 0 amide bonds. The van der Waals surface area contributed by atoms with E-state index in [1.807, 2.05) is 25.6 Å². The number of methoxy groups -OCH3 is 1. The van der Waals surface area contributed by atoms with Gasteiger partial charge in [-0.3, -0.25) is 4.79 Å². The second-order valence-electron chi connectivity index (χ2n) is 4.07. The summed E-state index contributed by atoms with van der Waals surface area (Å²) in [6, 6.07) is 0. The minimum atomic E-state index is -0.518. The lowest BCUT2D eigenvalue weighted by Crippen LogP contribution is -2.50. The number of rotatable bonds is 9. The Morgan fingerprint density at radius 3 is 2.56 bits per heavy atom. The van der Waals surface area contributed by atoms with Crippen LogP contribution in [0, 0.1) is 0 Å². The molecular formula is C12H25NO2S. The molecule has 0 fully saturated rings. The van der Waals surface area contributed by atoms with Crippen molar-refractivity contribution in [3.63, 3.8) is 0 Å². The number of likely N-dealkylation sites (N-methyl/N-ethyl adjacent to an activating group) is 1. The predicted octanol–water partition coefficient (Wildman–Crippen LogP) is 2.45. The highest BCUT2D eigenvalue weighted by Crippen LogP contribution is 2.17. The number of carbonyl (C=O) groups is 1. The molecule has 0 bridgehead atoms. The van der Waals surface area contributed by atoms with Gasteiger partial charge in [0.15, 0.2) is 0 Å². The van der Waals surface area contributed by atoms with Gasteiger partial charge in [-0.05, 0) is 44.2 Å². The number of esters is 1. The van der Waals surface area contributed by atoms with Crippen LogP contribution >= 0.6 is 11.8 Å². The summed E-state index contributed by atoms with van der Waals surface area (Å²) in [6.45, 7) is 6.90. The Bertz CT molecular complexity index is 199. The Hall–Kier alpha value is -0.220. The quantitative estimate of drug-likeness (QED) is 0.502. The normalized spacial score (nSPS) is 14.5. The van der Waals surface area contributed by atoms with Crippen LogP contribution in [0.15, 0.2) is 0 Å². The minimum absolute atomic E-state index is 0.158. The molecule has 0 aliphatic heterocycles. The SMILES string of the molecule is CCCSCCCC(C)(NCC)C(=O)OC. The van der Waals surface area contributed by atoms with Gasteiger partial charge in [-0.15, -0.1) is 0 Å².